The Morgan fingerprint density at radius 3 is 2.39 bits per heavy atom. The molecule has 1 amide bonds. The van der Waals surface area contributed by atoms with Crippen molar-refractivity contribution in [2.45, 2.75) is 17.5 Å². The minimum atomic E-state index is -4.59. The van der Waals surface area contributed by atoms with Gasteiger partial charge in [-0.1, -0.05) is 18.2 Å². The van der Waals surface area contributed by atoms with E-state index in [1.54, 1.807) is 0 Å². The Hall–Kier alpha value is -4.11. The van der Waals surface area contributed by atoms with Crippen LogP contribution in [0.3, 0.4) is 0 Å². The SMILES string of the molecule is NS(=O)(=O)c1cccc(NC(=O)Oc2cnn3c(C(F)F)cc(-c4ccc(C(F)(F)F)cc4)nc23)c1. The van der Waals surface area contributed by atoms with E-state index in [9.17, 15) is 35.2 Å². The molecule has 36 heavy (non-hydrogen) atoms. The third-order valence-electron chi connectivity index (χ3n) is 4.81. The average molecular weight is 527 g/mol. The quantitative estimate of drug-likeness (QED) is 0.365. The maximum absolute atomic E-state index is 13.7. The number of anilines is 1. The molecular weight excluding hydrogens is 513 g/mol. The molecule has 0 aliphatic heterocycles. The number of nitrogens with two attached hydrogens (primary N) is 1. The first-order valence-electron chi connectivity index (χ1n) is 9.79. The van der Waals surface area contributed by atoms with Gasteiger partial charge in [0.25, 0.3) is 6.43 Å². The van der Waals surface area contributed by atoms with Crippen LogP contribution in [0.4, 0.5) is 32.4 Å². The van der Waals surface area contributed by atoms with Crippen molar-refractivity contribution in [1.82, 2.24) is 14.6 Å². The highest BCUT2D eigenvalue weighted by Gasteiger charge is 2.30. The molecule has 2 heterocycles. The second kappa shape index (κ2) is 9.16. The molecule has 4 aromatic rings. The van der Waals surface area contributed by atoms with Gasteiger partial charge in [-0.2, -0.15) is 18.3 Å². The van der Waals surface area contributed by atoms with Gasteiger partial charge >= 0.3 is 12.3 Å². The van der Waals surface area contributed by atoms with Crippen LogP contribution in [0.5, 0.6) is 5.75 Å². The number of sulfonamides is 1. The number of fused-ring (bicyclic) bond motifs is 1. The Morgan fingerprint density at radius 2 is 1.78 bits per heavy atom. The van der Waals surface area contributed by atoms with Gasteiger partial charge in [0.2, 0.25) is 10.0 Å². The number of primary sulfonamides is 1. The zero-order chi connectivity index (χ0) is 26.3. The van der Waals surface area contributed by atoms with Crippen molar-refractivity contribution in [3.63, 3.8) is 0 Å². The van der Waals surface area contributed by atoms with Gasteiger partial charge in [-0.15, -0.1) is 0 Å². The monoisotopic (exact) mass is 527 g/mol. The number of ether oxygens (including phenoxy) is 1. The summed E-state index contributed by atoms with van der Waals surface area (Å²) < 4.78 is 94.7. The molecule has 2 aromatic heterocycles. The van der Waals surface area contributed by atoms with Crippen molar-refractivity contribution >= 4 is 27.5 Å². The lowest BCUT2D eigenvalue weighted by Crippen LogP contribution is -2.18. The van der Waals surface area contributed by atoms with E-state index in [1.165, 1.54) is 18.2 Å². The predicted octanol–water partition coefficient (Wildman–Crippen LogP) is 4.61. The van der Waals surface area contributed by atoms with E-state index in [2.05, 4.69) is 15.4 Å². The standard InChI is InChI=1S/C21H14F5N5O4S/c22-18(23)16-9-15(11-4-6-12(7-5-11)21(24,25)26)30-19-17(10-28-31(16)19)35-20(32)29-13-2-1-3-14(8-13)36(27,33)34/h1-10,18H,(H,29,32)(H2,27,33,34). The highest BCUT2D eigenvalue weighted by Crippen LogP contribution is 2.33. The molecular formula is C21H14F5N5O4S. The predicted molar refractivity (Wildman–Crippen MR) is 116 cm³/mol. The van der Waals surface area contributed by atoms with Crippen LogP contribution >= 0.6 is 0 Å². The van der Waals surface area contributed by atoms with E-state index in [1.807, 2.05) is 0 Å². The molecule has 0 atom stereocenters. The third-order valence-corrected chi connectivity index (χ3v) is 5.72. The van der Waals surface area contributed by atoms with Gasteiger partial charge in [0.05, 0.1) is 22.3 Å². The number of carbonyl (C=O) groups excluding carboxylic acids is 1. The van der Waals surface area contributed by atoms with E-state index in [4.69, 9.17) is 9.88 Å². The highest BCUT2D eigenvalue weighted by atomic mass is 32.2. The van der Waals surface area contributed by atoms with Crippen LogP contribution in [0.15, 0.2) is 65.7 Å². The number of carbonyl (C=O) groups is 1. The molecule has 15 heteroatoms. The Kier molecular flexibility index (Phi) is 6.36. The first-order valence-corrected chi connectivity index (χ1v) is 11.3. The van der Waals surface area contributed by atoms with Crippen molar-refractivity contribution in [1.29, 1.82) is 0 Å². The zero-order valence-electron chi connectivity index (χ0n) is 17.7. The number of halogens is 5. The zero-order valence-corrected chi connectivity index (χ0v) is 18.5. The summed E-state index contributed by atoms with van der Waals surface area (Å²) in [4.78, 5) is 16.2. The normalized spacial score (nSPS) is 12.2. The van der Waals surface area contributed by atoms with Crippen molar-refractivity contribution < 1.29 is 39.9 Å². The molecule has 0 radical (unpaired) electrons. The fourth-order valence-corrected chi connectivity index (χ4v) is 3.72. The van der Waals surface area contributed by atoms with Crippen LogP contribution in [-0.2, 0) is 16.2 Å². The van der Waals surface area contributed by atoms with Crippen molar-refractivity contribution in [3.05, 3.63) is 72.1 Å². The average Bonchev–Trinajstić information content (AvgIpc) is 3.20. The van der Waals surface area contributed by atoms with E-state index in [-0.39, 0.29) is 33.2 Å². The van der Waals surface area contributed by atoms with Crippen LogP contribution < -0.4 is 15.2 Å². The summed E-state index contributed by atoms with van der Waals surface area (Å²) in [6.45, 7) is 0. The van der Waals surface area contributed by atoms with Gasteiger partial charge in [-0.05, 0) is 36.4 Å². The van der Waals surface area contributed by atoms with Crippen LogP contribution in [0.2, 0.25) is 0 Å². The smallest absolute Gasteiger partial charge is 0.404 e. The van der Waals surface area contributed by atoms with Gasteiger partial charge < -0.3 is 4.74 Å². The number of benzene rings is 2. The fourth-order valence-electron chi connectivity index (χ4n) is 3.17. The molecule has 0 fully saturated rings. The molecule has 9 nitrogen and oxygen atoms in total. The summed E-state index contributed by atoms with van der Waals surface area (Å²) >= 11 is 0. The number of aromatic nitrogens is 3. The van der Waals surface area contributed by atoms with Crippen molar-refractivity contribution in [3.8, 4) is 17.0 Å². The minimum Gasteiger partial charge on any atom is -0.404 e. The first-order chi connectivity index (χ1) is 16.8. The molecule has 0 aliphatic rings. The largest absolute Gasteiger partial charge is 0.417 e. The molecule has 0 unspecified atom stereocenters. The summed E-state index contributed by atoms with van der Waals surface area (Å²) in [7, 11) is -4.04. The number of amides is 1. The number of rotatable bonds is 5. The minimum absolute atomic E-state index is 0.00895. The number of nitrogens with zero attached hydrogens (tertiary/aromatic N) is 3. The number of nitrogens with one attached hydrogen (secondary N) is 1. The molecule has 0 aliphatic carbocycles. The molecule has 2 aromatic carbocycles. The van der Waals surface area contributed by atoms with Crippen molar-refractivity contribution in [2.24, 2.45) is 5.14 Å². The lowest BCUT2D eigenvalue weighted by Gasteiger charge is -2.10. The fraction of sp³-hybridized carbons (Fsp3) is 0.0952. The maximum Gasteiger partial charge on any atom is 0.417 e. The van der Waals surface area contributed by atoms with Crippen LogP contribution in [0.25, 0.3) is 16.9 Å². The topological polar surface area (TPSA) is 129 Å². The molecule has 188 valence electrons. The number of hydrogen-bond donors (Lipinski definition) is 2. The summed E-state index contributed by atoms with van der Waals surface area (Å²) in [6.07, 6.45) is -7.81. The highest BCUT2D eigenvalue weighted by molar-refractivity contribution is 7.89. The molecule has 4 rings (SSSR count). The van der Waals surface area contributed by atoms with Gasteiger partial charge in [0.1, 0.15) is 5.69 Å². The lowest BCUT2D eigenvalue weighted by molar-refractivity contribution is -0.137. The second-order valence-electron chi connectivity index (χ2n) is 7.27. The molecule has 0 saturated carbocycles. The molecule has 0 spiro atoms. The molecule has 0 saturated heterocycles. The maximum atomic E-state index is 13.7. The van der Waals surface area contributed by atoms with Crippen LogP contribution in [0.1, 0.15) is 17.7 Å². The third kappa shape index (κ3) is 5.26. The Labute approximate surface area is 199 Å². The summed E-state index contributed by atoms with van der Waals surface area (Å²) in [6, 6.07) is 9.59. The first kappa shape index (κ1) is 25.0. The summed E-state index contributed by atoms with van der Waals surface area (Å²) in [5.74, 6) is -0.342. The van der Waals surface area contributed by atoms with Gasteiger partial charge in [-0.3, -0.25) is 5.32 Å². The Balaban J connectivity index is 1.67. The van der Waals surface area contributed by atoms with E-state index < -0.39 is 40.0 Å². The van der Waals surface area contributed by atoms with E-state index >= 15 is 0 Å². The van der Waals surface area contributed by atoms with Gasteiger partial charge in [0, 0.05) is 11.3 Å². The van der Waals surface area contributed by atoms with Gasteiger partial charge in [-0.25, -0.2) is 36.6 Å². The lowest BCUT2D eigenvalue weighted by atomic mass is 10.1. The van der Waals surface area contributed by atoms with E-state index in [0.717, 1.165) is 47.1 Å². The number of alkyl halides is 5. The summed E-state index contributed by atoms with van der Waals surface area (Å²) in [5, 5.41) is 11.1. The Bertz CT molecular complexity index is 1550. The number of hydrogen-bond acceptors (Lipinski definition) is 6. The van der Waals surface area contributed by atoms with E-state index in [0.29, 0.717) is 0 Å². The molecule has 0 bridgehead atoms. The Morgan fingerprint density at radius 1 is 1.08 bits per heavy atom. The summed E-state index contributed by atoms with van der Waals surface area (Å²) in [5.41, 5.74) is -1.89. The molecule has 3 N–H and O–H groups in total. The van der Waals surface area contributed by atoms with Crippen molar-refractivity contribution in [2.75, 3.05) is 5.32 Å². The van der Waals surface area contributed by atoms with Gasteiger partial charge in [0.15, 0.2) is 11.4 Å². The van der Waals surface area contributed by atoms with Crippen LogP contribution in [0, 0.1) is 0 Å². The van der Waals surface area contributed by atoms with Crippen LogP contribution in [-0.4, -0.2) is 29.1 Å². The second-order valence-corrected chi connectivity index (χ2v) is 8.84.